The van der Waals surface area contributed by atoms with E-state index in [1.807, 2.05) is 22.9 Å². The Morgan fingerprint density at radius 3 is 2.84 bits per heavy atom. The van der Waals surface area contributed by atoms with Crippen molar-refractivity contribution in [2.24, 2.45) is 0 Å². The third kappa shape index (κ3) is 6.22. The van der Waals surface area contributed by atoms with Crippen LogP contribution in [0.3, 0.4) is 0 Å². The van der Waals surface area contributed by atoms with Gasteiger partial charge in [0.1, 0.15) is 0 Å². The number of esters is 1. The standard InChI is InChI=1S/C18H17ClN2O3S/c19-15-3-1-4-16(11-15)21(9-2-8-20)17(22)12-24-18(23)6-5-14-7-10-25-13-14/h1,3-4,7,10-11,13H,2,5-6,9,12H2. The maximum Gasteiger partial charge on any atom is 0.306 e. The summed E-state index contributed by atoms with van der Waals surface area (Å²) in [6, 6.07) is 10.7. The Bertz CT molecular complexity index is 756. The number of halogens is 1. The van der Waals surface area contributed by atoms with Crippen molar-refractivity contribution in [1.29, 1.82) is 5.26 Å². The number of benzene rings is 1. The van der Waals surface area contributed by atoms with Crippen LogP contribution in [0.2, 0.25) is 5.02 Å². The zero-order valence-corrected chi connectivity index (χ0v) is 15.1. The van der Waals surface area contributed by atoms with Crippen LogP contribution in [-0.2, 0) is 20.7 Å². The highest BCUT2D eigenvalue weighted by atomic mass is 35.5. The van der Waals surface area contributed by atoms with Crippen molar-refractivity contribution in [3.63, 3.8) is 0 Å². The third-order valence-electron chi connectivity index (χ3n) is 3.42. The average molecular weight is 377 g/mol. The number of rotatable bonds is 8. The van der Waals surface area contributed by atoms with Crippen LogP contribution in [-0.4, -0.2) is 25.0 Å². The second kappa shape index (κ2) is 9.82. The Morgan fingerprint density at radius 1 is 1.32 bits per heavy atom. The van der Waals surface area contributed by atoms with Gasteiger partial charge in [0.15, 0.2) is 6.61 Å². The molecule has 0 aliphatic carbocycles. The van der Waals surface area contributed by atoms with Gasteiger partial charge in [0.25, 0.3) is 5.91 Å². The second-order valence-electron chi connectivity index (χ2n) is 5.23. The number of carbonyl (C=O) groups excluding carboxylic acids is 2. The van der Waals surface area contributed by atoms with Gasteiger partial charge in [-0.3, -0.25) is 9.59 Å². The quantitative estimate of drug-likeness (QED) is 0.656. The maximum atomic E-state index is 12.4. The fourth-order valence-corrected chi connectivity index (χ4v) is 3.06. The number of hydrogen-bond donors (Lipinski definition) is 0. The number of aryl methyl sites for hydroxylation is 1. The Kier molecular flexibility index (Phi) is 7.45. The number of ether oxygens (including phenoxy) is 1. The monoisotopic (exact) mass is 376 g/mol. The van der Waals surface area contributed by atoms with Gasteiger partial charge in [-0.15, -0.1) is 0 Å². The van der Waals surface area contributed by atoms with Gasteiger partial charge in [-0.2, -0.15) is 16.6 Å². The summed E-state index contributed by atoms with van der Waals surface area (Å²) in [7, 11) is 0. The first kappa shape index (κ1) is 19.0. The van der Waals surface area contributed by atoms with Crippen LogP contribution in [0.4, 0.5) is 5.69 Å². The lowest BCUT2D eigenvalue weighted by atomic mass is 10.2. The molecule has 0 fully saturated rings. The lowest BCUT2D eigenvalue weighted by Crippen LogP contribution is -2.35. The maximum absolute atomic E-state index is 12.4. The Hall–Kier alpha value is -2.36. The molecule has 2 aromatic rings. The van der Waals surface area contributed by atoms with Crippen LogP contribution in [0.5, 0.6) is 0 Å². The van der Waals surface area contributed by atoms with Gasteiger partial charge >= 0.3 is 5.97 Å². The number of carbonyl (C=O) groups is 2. The fraction of sp³-hybridized carbons (Fsp3) is 0.278. The van der Waals surface area contributed by atoms with Gasteiger partial charge in [0.05, 0.1) is 12.5 Å². The van der Waals surface area contributed by atoms with Crippen LogP contribution in [0.25, 0.3) is 0 Å². The van der Waals surface area contributed by atoms with E-state index in [2.05, 4.69) is 0 Å². The van der Waals surface area contributed by atoms with Crippen LogP contribution >= 0.6 is 22.9 Å². The summed E-state index contributed by atoms with van der Waals surface area (Å²) in [6.07, 6.45) is 0.979. The molecule has 0 saturated heterocycles. The molecule has 7 heteroatoms. The highest BCUT2D eigenvalue weighted by molar-refractivity contribution is 7.07. The highest BCUT2D eigenvalue weighted by Crippen LogP contribution is 2.20. The number of hydrogen-bond acceptors (Lipinski definition) is 5. The van der Waals surface area contributed by atoms with E-state index in [0.29, 0.717) is 17.1 Å². The lowest BCUT2D eigenvalue weighted by Gasteiger charge is -2.21. The van der Waals surface area contributed by atoms with Crippen molar-refractivity contribution >= 4 is 40.5 Å². The molecule has 0 radical (unpaired) electrons. The van der Waals surface area contributed by atoms with Crippen molar-refractivity contribution in [2.75, 3.05) is 18.1 Å². The molecule has 0 N–H and O–H groups in total. The van der Waals surface area contributed by atoms with E-state index in [1.54, 1.807) is 35.6 Å². The summed E-state index contributed by atoms with van der Waals surface area (Å²) in [4.78, 5) is 25.6. The Balaban J connectivity index is 1.90. The summed E-state index contributed by atoms with van der Waals surface area (Å²) in [5.41, 5.74) is 1.64. The molecule has 0 atom stereocenters. The summed E-state index contributed by atoms with van der Waals surface area (Å²) in [5.74, 6) is -0.813. The number of thiophene rings is 1. The summed E-state index contributed by atoms with van der Waals surface area (Å²) < 4.78 is 5.07. The van der Waals surface area contributed by atoms with Crippen LogP contribution in [0, 0.1) is 11.3 Å². The minimum atomic E-state index is -0.425. The summed E-state index contributed by atoms with van der Waals surface area (Å²) in [6.45, 7) is -0.150. The van der Waals surface area contributed by atoms with Gasteiger partial charge < -0.3 is 9.64 Å². The lowest BCUT2D eigenvalue weighted by molar-refractivity contribution is -0.147. The SMILES string of the molecule is N#CCCN(C(=O)COC(=O)CCc1ccsc1)c1cccc(Cl)c1. The fourth-order valence-electron chi connectivity index (χ4n) is 2.18. The van der Waals surface area contributed by atoms with Crippen LogP contribution < -0.4 is 4.90 Å². The molecule has 0 bridgehead atoms. The van der Waals surface area contributed by atoms with Gasteiger partial charge in [-0.25, -0.2) is 0 Å². The van der Waals surface area contributed by atoms with E-state index in [9.17, 15) is 9.59 Å². The van der Waals surface area contributed by atoms with E-state index >= 15 is 0 Å². The van der Waals surface area contributed by atoms with E-state index in [0.717, 1.165) is 5.56 Å². The molecule has 0 unspecified atom stereocenters. The molecular formula is C18H17ClN2O3S. The van der Waals surface area contributed by atoms with Gasteiger partial charge in [0.2, 0.25) is 0 Å². The third-order valence-corrected chi connectivity index (χ3v) is 4.39. The summed E-state index contributed by atoms with van der Waals surface area (Å²) >= 11 is 7.53. The molecule has 25 heavy (non-hydrogen) atoms. The Labute approximate surface area is 155 Å². The second-order valence-corrected chi connectivity index (χ2v) is 6.44. The minimum Gasteiger partial charge on any atom is -0.456 e. The molecule has 130 valence electrons. The molecule has 1 aromatic heterocycles. The van der Waals surface area contributed by atoms with E-state index in [1.165, 1.54) is 4.90 Å². The molecule has 0 saturated carbocycles. The first-order valence-corrected chi connectivity index (χ1v) is 9.02. The number of nitriles is 1. The molecule has 1 aromatic carbocycles. The van der Waals surface area contributed by atoms with Crippen molar-refractivity contribution in [1.82, 2.24) is 0 Å². The molecule has 1 heterocycles. The molecule has 0 aliphatic rings. The highest BCUT2D eigenvalue weighted by Gasteiger charge is 2.17. The Morgan fingerprint density at radius 2 is 2.16 bits per heavy atom. The predicted octanol–water partition coefficient (Wildman–Crippen LogP) is 3.82. The summed E-state index contributed by atoms with van der Waals surface area (Å²) in [5, 5.41) is 13.2. The largest absolute Gasteiger partial charge is 0.456 e. The molecule has 1 amide bonds. The normalized spacial score (nSPS) is 10.1. The van der Waals surface area contributed by atoms with Gasteiger partial charge in [-0.05, 0) is 47.0 Å². The van der Waals surface area contributed by atoms with Crippen molar-refractivity contribution in [3.8, 4) is 6.07 Å². The molecule has 5 nitrogen and oxygen atoms in total. The zero-order chi connectivity index (χ0) is 18.1. The molecule has 0 spiro atoms. The van der Waals surface area contributed by atoms with Crippen molar-refractivity contribution in [3.05, 3.63) is 51.7 Å². The van der Waals surface area contributed by atoms with E-state index in [4.69, 9.17) is 21.6 Å². The first-order chi connectivity index (χ1) is 12.1. The molecular weight excluding hydrogens is 360 g/mol. The van der Waals surface area contributed by atoms with Gasteiger partial charge in [-0.1, -0.05) is 17.7 Å². The number of amides is 1. The molecule has 0 aliphatic heterocycles. The average Bonchev–Trinajstić information content (AvgIpc) is 3.12. The minimum absolute atomic E-state index is 0.171. The topological polar surface area (TPSA) is 70.4 Å². The van der Waals surface area contributed by atoms with Crippen molar-refractivity contribution in [2.45, 2.75) is 19.3 Å². The zero-order valence-electron chi connectivity index (χ0n) is 13.5. The van der Waals surface area contributed by atoms with Crippen molar-refractivity contribution < 1.29 is 14.3 Å². The van der Waals surface area contributed by atoms with E-state index in [-0.39, 0.29) is 31.9 Å². The number of nitrogens with zero attached hydrogens (tertiary/aromatic N) is 2. The van der Waals surface area contributed by atoms with Crippen LogP contribution in [0.1, 0.15) is 18.4 Å². The smallest absolute Gasteiger partial charge is 0.306 e. The van der Waals surface area contributed by atoms with Crippen LogP contribution in [0.15, 0.2) is 41.1 Å². The molecule has 2 rings (SSSR count). The predicted molar refractivity (Wildman–Crippen MR) is 97.6 cm³/mol. The number of anilines is 1. The first-order valence-electron chi connectivity index (χ1n) is 7.69. The van der Waals surface area contributed by atoms with Gasteiger partial charge in [0, 0.05) is 23.7 Å². The van der Waals surface area contributed by atoms with E-state index < -0.39 is 5.97 Å².